The van der Waals surface area contributed by atoms with Crippen LogP contribution in [0.15, 0.2) is 29.3 Å². The Kier molecular flexibility index (Phi) is 24.0. The lowest BCUT2D eigenvalue weighted by Gasteiger charge is -2.26. The lowest BCUT2D eigenvalue weighted by Crippen LogP contribution is -2.59. The monoisotopic (exact) mass is 869 g/mol. The molecule has 1 aromatic rings. The maximum absolute atomic E-state index is 13.6. The van der Waals surface area contributed by atoms with Crippen LogP contribution >= 0.6 is 23.5 Å². The normalized spacial score (nSPS) is 14.4. The molecule has 23 heteroatoms. The SMILES string of the molecule is CSCC[C@H](NC(=O)[C@H](C)N)C(=O)N[C@@H](CCC(N)=O)C(=O)N[C@@H](CCSC)C(=O)N[C@@H](C)C(=O)N[C@@H](Cc1ccc(O)cc1)C(=O)N[C@@H](CCCN=C(N)N)C(=O)O. The number of aromatic hydroxyl groups is 1. The molecular formula is C36H59N11O10S2. The van der Waals surface area contributed by atoms with E-state index < -0.39 is 89.6 Å². The molecule has 0 unspecified atom stereocenters. The van der Waals surface area contributed by atoms with Crippen LogP contribution in [-0.4, -0.2) is 136 Å². The van der Waals surface area contributed by atoms with Gasteiger partial charge in [0.15, 0.2) is 5.96 Å². The molecule has 0 bridgehead atoms. The smallest absolute Gasteiger partial charge is 0.326 e. The number of carboxylic acid groups (broad SMARTS) is 1. The Bertz CT molecular complexity index is 1610. The summed E-state index contributed by atoms with van der Waals surface area (Å²) in [5.74, 6) is -6.08. The molecule has 0 saturated carbocycles. The van der Waals surface area contributed by atoms with Gasteiger partial charge in [-0.2, -0.15) is 23.5 Å². The van der Waals surface area contributed by atoms with Crippen LogP contribution in [0.3, 0.4) is 0 Å². The van der Waals surface area contributed by atoms with E-state index in [1.54, 1.807) is 12.5 Å². The van der Waals surface area contributed by atoms with Crippen molar-refractivity contribution in [1.82, 2.24) is 31.9 Å². The van der Waals surface area contributed by atoms with Gasteiger partial charge in [-0.3, -0.25) is 38.6 Å². The zero-order chi connectivity index (χ0) is 44.7. The first kappa shape index (κ1) is 51.7. The van der Waals surface area contributed by atoms with E-state index in [9.17, 15) is 48.6 Å². The molecule has 0 aliphatic carbocycles. The Hall–Kier alpha value is -5.29. The van der Waals surface area contributed by atoms with E-state index in [-0.39, 0.29) is 63.2 Å². The second-order valence-corrected chi connectivity index (χ2v) is 15.5. The summed E-state index contributed by atoms with van der Waals surface area (Å²) in [5.41, 5.74) is 22.1. The first-order valence-electron chi connectivity index (χ1n) is 18.7. The summed E-state index contributed by atoms with van der Waals surface area (Å²) in [5, 5.41) is 34.7. The van der Waals surface area contributed by atoms with Crippen molar-refractivity contribution in [3.05, 3.63) is 29.8 Å². The summed E-state index contributed by atoms with van der Waals surface area (Å²) in [4.78, 5) is 107. The van der Waals surface area contributed by atoms with Crippen LogP contribution in [0.1, 0.15) is 57.9 Å². The van der Waals surface area contributed by atoms with Crippen LogP contribution in [0.5, 0.6) is 5.75 Å². The van der Waals surface area contributed by atoms with E-state index in [1.807, 2.05) is 0 Å². The number of guanidine groups is 1. The third-order valence-corrected chi connectivity index (χ3v) is 9.82. The number of carboxylic acids is 1. The molecule has 0 radical (unpaired) electrons. The lowest BCUT2D eigenvalue weighted by atomic mass is 10.0. The lowest BCUT2D eigenvalue weighted by molar-refractivity contribution is -0.142. The molecule has 0 heterocycles. The van der Waals surface area contributed by atoms with E-state index in [4.69, 9.17) is 22.9 Å². The van der Waals surface area contributed by atoms with Crippen molar-refractivity contribution in [2.24, 2.45) is 27.9 Å². The second-order valence-electron chi connectivity index (χ2n) is 13.6. The van der Waals surface area contributed by atoms with Crippen molar-refractivity contribution in [3.63, 3.8) is 0 Å². The molecule has 1 aromatic carbocycles. The third-order valence-electron chi connectivity index (χ3n) is 8.53. The standard InChI is InChI=1S/C36H59N11O10S2/c1-19(37)29(50)43-25(14-17-59-4)33(54)44-23(11-12-28(38)49)32(53)45-24(13-16-58-3)31(52)42-20(2)30(51)47-27(18-21-7-9-22(48)10-8-21)34(55)46-26(35(56)57)6-5-15-41-36(39)40/h7-10,19-20,23-27,48H,5-6,11-18,37H2,1-4H3,(H2,38,49)(H,42,52)(H,43,50)(H,44,54)(H,45,53)(H,46,55)(H,47,51)(H,56,57)(H4,39,40,41)/t19-,20-,23-,24-,25-,26-,27-/m0/s1. The zero-order valence-corrected chi connectivity index (χ0v) is 35.3. The molecule has 0 aliphatic heterocycles. The maximum atomic E-state index is 13.6. The van der Waals surface area contributed by atoms with E-state index in [0.29, 0.717) is 17.1 Å². The van der Waals surface area contributed by atoms with Gasteiger partial charge >= 0.3 is 5.97 Å². The fraction of sp³-hybridized carbons (Fsp3) is 0.583. The van der Waals surface area contributed by atoms with Crippen molar-refractivity contribution < 1.29 is 48.6 Å². The number of phenolic OH excluding ortho intramolecular Hbond substituents is 1. The van der Waals surface area contributed by atoms with Gasteiger partial charge in [0.05, 0.1) is 6.04 Å². The largest absolute Gasteiger partial charge is 0.508 e. The van der Waals surface area contributed by atoms with E-state index >= 15 is 0 Å². The Labute approximate surface area is 351 Å². The van der Waals surface area contributed by atoms with Gasteiger partial charge in [0.1, 0.15) is 42.0 Å². The molecule has 7 amide bonds. The summed E-state index contributed by atoms with van der Waals surface area (Å²) < 4.78 is 0. The van der Waals surface area contributed by atoms with Gasteiger partial charge in [0.25, 0.3) is 0 Å². The van der Waals surface area contributed by atoms with Gasteiger partial charge in [0, 0.05) is 19.4 Å². The Morgan fingerprint density at radius 3 is 1.58 bits per heavy atom. The number of hydrogen-bond acceptors (Lipinski definition) is 13. The first-order valence-corrected chi connectivity index (χ1v) is 21.5. The van der Waals surface area contributed by atoms with E-state index in [1.165, 1.54) is 61.6 Å². The molecule has 330 valence electrons. The predicted octanol–water partition coefficient (Wildman–Crippen LogP) is -2.88. The number of rotatable bonds is 28. The van der Waals surface area contributed by atoms with Crippen LogP contribution in [0, 0.1) is 0 Å². The van der Waals surface area contributed by atoms with Crippen LogP contribution in [0.2, 0.25) is 0 Å². The van der Waals surface area contributed by atoms with Crippen molar-refractivity contribution >= 4 is 76.8 Å². The number of nitrogens with two attached hydrogens (primary N) is 4. The minimum absolute atomic E-state index is 0.0386. The van der Waals surface area contributed by atoms with Crippen LogP contribution < -0.4 is 54.8 Å². The molecule has 0 fully saturated rings. The molecule has 1 rings (SSSR count). The van der Waals surface area contributed by atoms with Crippen LogP contribution in [-0.2, 0) is 44.8 Å². The van der Waals surface area contributed by atoms with Gasteiger partial charge in [-0.15, -0.1) is 0 Å². The van der Waals surface area contributed by atoms with Crippen molar-refractivity contribution in [1.29, 1.82) is 0 Å². The number of phenols is 1. The Morgan fingerprint density at radius 1 is 0.644 bits per heavy atom. The van der Waals surface area contributed by atoms with Gasteiger partial charge < -0.3 is 65.0 Å². The molecule has 0 saturated heterocycles. The highest BCUT2D eigenvalue weighted by Gasteiger charge is 2.32. The fourth-order valence-corrected chi connectivity index (χ4v) is 6.14. The maximum Gasteiger partial charge on any atom is 0.326 e. The molecule has 59 heavy (non-hydrogen) atoms. The summed E-state index contributed by atoms with van der Waals surface area (Å²) in [6.45, 7) is 2.89. The number of thioether (sulfide) groups is 2. The topological polar surface area (TPSA) is 366 Å². The zero-order valence-electron chi connectivity index (χ0n) is 33.7. The number of aliphatic carboxylic acids is 1. The summed E-state index contributed by atoms with van der Waals surface area (Å²) in [6, 6.07) is -2.82. The highest BCUT2D eigenvalue weighted by molar-refractivity contribution is 7.98. The Balaban J connectivity index is 3.24. The second kappa shape index (κ2) is 27.4. The fourth-order valence-electron chi connectivity index (χ4n) is 5.20. The molecule has 0 spiro atoms. The van der Waals surface area contributed by atoms with Crippen molar-refractivity contribution in [2.75, 3.05) is 30.6 Å². The average Bonchev–Trinajstić information content (AvgIpc) is 3.17. The summed E-state index contributed by atoms with van der Waals surface area (Å²) in [7, 11) is 0. The van der Waals surface area contributed by atoms with Gasteiger partial charge in [-0.25, -0.2) is 4.79 Å². The Morgan fingerprint density at radius 2 is 1.10 bits per heavy atom. The highest BCUT2D eigenvalue weighted by Crippen LogP contribution is 2.13. The predicted molar refractivity (Wildman–Crippen MR) is 225 cm³/mol. The summed E-state index contributed by atoms with van der Waals surface area (Å²) >= 11 is 2.79. The van der Waals surface area contributed by atoms with Crippen molar-refractivity contribution in [3.8, 4) is 5.75 Å². The molecule has 0 aromatic heterocycles. The van der Waals surface area contributed by atoms with E-state index in [2.05, 4.69) is 36.9 Å². The molecular weight excluding hydrogens is 811 g/mol. The quantitative estimate of drug-likeness (QED) is 0.0229. The number of aliphatic imine (C=N–C) groups is 1. The number of nitrogens with zero attached hydrogens (tertiary/aromatic N) is 1. The minimum Gasteiger partial charge on any atom is -0.508 e. The van der Waals surface area contributed by atoms with Crippen molar-refractivity contribution in [2.45, 2.75) is 101 Å². The number of carbonyl (C=O) groups is 8. The first-order chi connectivity index (χ1) is 27.8. The summed E-state index contributed by atoms with van der Waals surface area (Å²) in [6.07, 6.45) is 3.37. The van der Waals surface area contributed by atoms with Gasteiger partial charge in [-0.05, 0) is 87.7 Å². The highest BCUT2D eigenvalue weighted by atomic mass is 32.2. The van der Waals surface area contributed by atoms with Gasteiger partial charge in [0.2, 0.25) is 41.4 Å². The number of primary amides is 1. The van der Waals surface area contributed by atoms with Gasteiger partial charge in [-0.1, -0.05) is 12.1 Å². The van der Waals surface area contributed by atoms with Crippen LogP contribution in [0.25, 0.3) is 0 Å². The number of hydrogen-bond donors (Lipinski definition) is 12. The number of benzene rings is 1. The molecule has 16 N–H and O–H groups in total. The number of amides is 7. The number of carbonyl (C=O) groups excluding carboxylic acids is 7. The molecule has 7 atom stereocenters. The molecule has 21 nitrogen and oxygen atoms in total. The van der Waals surface area contributed by atoms with Crippen LogP contribution in [0.4, 0.5) is 0 Å². The average molecular weight is 870 g/mol. The minimum atomic E-state index is -1.36. The molecule has 0 aliphatic rings. The van der Waals surface area contributed by atoms with E-state index in [0.717, 1.165) is 0 Å². The third kappa shape index (κ3) is 20.8. The number of nitrogens with one attached hydrogen (secondary N) is 6.